The van der Waals surface area contributed by atoms with E-state index < -0.39 is 30.7 Å². The van der Waals surface area contributed by atoms with Gasteiger partial charge in [0.05, 0.1) is 0 Å². The third-order valence-electron chi connectivity index (χ3n) is 2.37. The molecule has 14 heteroatoms. The van der Waals surface area contributed by atoms with E-state index in [0.717, 1.165) is 0 Å². The molecule has 1 rings (SSSR count). The Morgan fingerprint density at radius 1 is 0.581 bits per heavy atom. The van der Waals surface area contributed by atoms with Crippen molar-refractivity contribution in [2.75, 3.05) is 0 Å². The molecule has 0 radical (unpaired) electrons. The van der Waals surface area contributed by atoms with Crippen LogP contribution in [0.4, 0.5) is 39.5 Å². The van der Waals surface area contributed by atoms with Crippen LogP contribution in [-0.2, 0) is 25.8 Å². The van der Waals surface area contributed by atoms with Crippen molar-refractivity contribution in [3.63, 3.8) is 0 Å². The van der Waals surface area contributed by atoms with Crippen LogP contribution >= 0.6 is 0 Å². The minimum Gasteiger partial charge on any atom is -0.394 e. The van der Waals surface area contributed by atoms with Crippen molar-refractivity contribution in [1.82, 2.24) is 0 Å². The van der Waals surface area contributed by atoms with Crippen LogP contribution in [0.25, 0.3) is 0 Å². The average molecular weight is 658 g/mol. The summed E-state index contributed by atoms with van der Waals surface area (Å²) in [6, 6.07) is 1.84. The van der Waals surface area contributed by atoms with Gasteiger partial charge in [-0.1, -0.05) is 0 Å². The smallest absolute Gasteiger partial charge is 0.394 e. The fraction of sp³-hybridized carbons (Fsp3) is 0.706. The molecule has 0 saturated carbocycles. The van der Waals surface area contributed by atoms with E-state index in [1.807, 2.05) is 0 Å². The first kappa shape index (κ1) is 38.0. The van der Waals surface area contributed by atoms with Crippen molar-refractivity contribution in [3.05, 3.63) is 24.3 Å². The van der Waals surface area contributed by atoms with E-state index in [9.17, 15) is 39.5 Å². The van der Waals surface area contributed by atoms with Crippen LogP contribution in [0, 0.1) is 0 Å². The average Bonchev–Trinajstić information content (AvgIpc) is 2.84. The molecular weight excluding hydrogens is 630 g/mol. The van der Waals surface area contributed by atoms with Crippen LogP contribution in [-0.4, -0.2) is 59.1 Å². The van der Waals surface area contributed by atoms with Crippen LogP contribution in [0.3, 0.4) is 0 Å². The number of rotatable bonds is 1. The van der Waals surface area contributed by atoms with E-state index in [4.69, 9.17) is 15.3 Å². The summed E-state index contributed by atoms with van der Waals surface area (Å²) in [5.41, 5.74) is 0. The molecular formula is C17H28F9HfO3Si-. The molecule has 0 aliphatic rings. The predicted octanol–water partition coefficient (Wildman–Crippen LogP) is 4.52. The van der Waals surface area contributed by atoms with Gasteiger partial charge in [-0.2, -0.15) is 51.6 Å². The Morgan fingerprint density at radius 2 is 0.742 bits per heavy atom. The van der Waals surface area contributed by atoms with Gasteiger partial charge in [-0.3, -0.25) is 0 Å². The molecule has 0 unspecified atom stereocenters. The molecule has 3 nitrogen and oxygen atoms in total. The van der Waals surface area contributed by atoms with E-state index in [0.29, 0.717) is 12.1 Å². The van der Waals surface area contributed by atoms with Gasteiger partial charge in [0.25, 0.3) is 0 Å². The Bertz CT molecular complexity index is 482. The minimum absolute atomic E-state index is 0. The van der Waals surface area contributed by atoms with E-state index >= 15 is 0 Å². The summed E-state index contributed by atoms with van der Waals surface area (Å²) in [6.07, 6.45) is -0.500. The molecule has 31 heavy (non-hydrogen) atoms. The van der Waals surface area contributed by atoms with E-state index in [1.165, 1.54) is 0 Å². The van der Waals surface area contributed by atoms with Gasteiger partial charge in [0.1, 0.15) is 0 Å². The van der Waals surface area contributed by atoms with Gasteiger partial charge in [-0.05, 0) is 41.5 Å². The van der Waals surface area contributed by atoms with Crippen molar-refractivity contribution < 1.29 is 80.7 Å². The first-order chi connectivity index (χ1) is 13.1. The third-order valence-corrected chi connectivity index (χ3v) is 6.12. The molecule has 0 bridgehead atoms. The quantitative estimate of drug-likeness (QED) is 0.237. The van der Waals surface area contributed by atoms with Crippen LogP contribution in [0.2, 0.25) is 0 Å². The monoisotopic (exact) mass is 659 g/mol. The molecule has 0 saturated heterocycles. The van der Waals surface area contributed by atoms with Crippen molar-refractivity contribution in [2.45, 2.75) is 77.3 Å². The topological polar surface area (TPSA) is 60.7 Å². The Balaban J connectivity index is -0.000000232. The molecule has 0 heterocycles. The number of hydrogen-bond acceptors (Lipinski definition) is 3. The second-order valence-electron chi connectivity index (χ2n) is 6.70. The molecule has 0 aliphatic carbocycles. The Morgan fingerprint density at radius 3 is 0.871 bits per heavy atom. The maximum Gasteiger partial charge on any atom is 0.399 e. The molecule has 0 aromatic heterocycles. The first-order valence-corrected chi connectivity index (χ1v) is 10.5. The minimum atomic E-state index is -7.72. The van der Waals surface area contributed by atoms with E-state index in [-0.39, 0.29) is 56.3 Å². The van der Waals surface area contributed by atoms with Crippen molar-refractivity contribution >= 4 is 13.3 Å². The number of halogens is 9. The maximum atomic E-state index is 12.6. The normalized spacial score (nSPS) is 12.2. The number of hydrogen-bond donors (Lipinski definition) is 3. The molecule has 0 atom stereocenters. The molecule has 3 N–H and O–H groups in total. The van der Waals surface area contributed by atoms with Crippen LogP contribution in [0.15, 0.2) is 24.3 Å². The molecule has 1 aromatic carbocycles. The summed E-state index contributed by atoms with van der Waals surface area (Å²) < 4.78 is 113. The zero-order chi connectivity index (χ0) is 25.1. The fourth-order valence-corrected chi connectivity index (χ4v) is 4.24. The summed E-state index contributed by atoms with van der Waals surface area (Å²) in [4.78, 5) is 0. The van der Waals surface area contributed by atoms with Crippen LogP contribution in [0.1, 0.15) is 41.5 Å². The van der Waals surface area contributed by atoms with Gasteiger partial charge in [0, 0.05) is 44.2 Å². The molecule has 0 amide bonds. The molecule has 0 aliphatic heterocycles. The Hall–Kier alpha value is -0.313. The number of aliphatic hydroxyl groups excluding tert-OH is 3. The van der Waals surface area contributed by atoms with Crippen LogP contribution in [0.5, 0.6) is 0 Å². The molecule has 186 valence electrons. The van der Waals surface area contributed by atoms with Gasteiger partial charge < -0.3 is 15.3 Å². The number of alkyl halides is 9. The molecule has 0 fully saturated rings. The summed E-state index contributed by atoms with van der Waals surface area (Å²) in [5.74, 6) is -19.2. The Labute approximate surface area is 195 Å². The summed E-state index contributed by atoms with van der Waals surface area (Å²) >= 11 is 0. The summed E-state index contributed by atoms with van der Waals surface area (Å²) in [6.45, 7) is 10.3. The zero-order valence-corrected chi connectivity index (χ0v) is 22.4. The van der Waals surface area contributed by atoms with Gasteiger partial charge >= 0.3 is 25.5 Å². The second kappa shape index (κ2) is 15.5. The standard InChI is InChI=1S/C8H4F9Si.3C3H8O.Hf/c9-6(10,11)18(7(12,13)14,8(15,16)17)5-3-1-2-4-5;3*1-3(2)4;/h1-4H;3*3-4H,1-2H3;/q-1;;;;. The summed E-state index contributed by atoms with van der Waals surface area (Å²) in [5, 5.41) is 22.4. The fourth-order valence-electron chi connectivity index (χ4n) is 1.60. The Kier molecular flexibility index (Phi) is 19.0. The predicted molar refractivity (Wildman–Crippen MR) is 97.7 cm³/mol. The van der Waals surface area contributed by atoms with E-state index in [2.05, 4.69) is 0 Å². The second-order valence-corrected chi connectivity index (χ2v) is 10.5. The largest absolute Gasteiger partial charge is 0.399 e. The first-order valence-electron chi connectivity index (χ1n) is 8.52. The van der Waals surface area contributed by atoms with Crippen LogP contribution < -0.4 is 5.19 Å². The number of aliphatic hydroxyl groups is 3. The van der Waals surface area contributed by atoms with Crippen molar-refractivity contribution in [3.8, 4) is 0 Å². The van der Waals surface area contributed by atoms with Gasteiger partial charge in [-0.15, -0.1) is 5.19 Å². The van der Waals surface area contributed by atoms with Crippen molar-refractivity contribution in [2.24, 2.45) is 0 Å². The third kappa shape index (κ3) is 14.4. The zero-order valence-electron chi connectivity index (χ0n) is 17.8. The maximum absolute atomic E-state index is 12.6. The van der Waals surface area contributed by atoms with Gasteiger partial charge in [-0.25, -0.2) is 12.1 Å². The van der Waals surface area contributed by atoms with E-state index in [1.54, 1.807) is 41.5 Å². The molecule has 0 spiro atoms. The molecule has 1 aromatic rings. The van der Waals surface area contributed by atoms with Gasteiger partial charge in [0.15, 0.2) is 0 Å². The van der Waals surface area contributed by atoms with Gasteiger partial charge in [0.2, 0.25) is 0 Å². The summed E-state index contributed by atoms with van der Waals surface area (Å²) in [7, 11) is -7.72. The SMILES string of the molecule is CC(C)O.CC(C)O.CC(C)O.FC(F)(F)[Si]([c-]1cccc1)(C(F)(F)F)C(F)(F)F.[Hf]. The van der Waals surface area contributed by atoms with Crippen molar-refractivity contribution in [1.29, 1.82) is 0 Å².